The van der Waals surface area contributed by atoms with Crippen molar-refractivity contribution in [3.8, 4) is 5.75 Å². The monoisotopic (exact) mass is 351 g/mol. The summed E-state index contributed by atoms with van der Waals surface area (Å²) in [4.78, 5) is 12.9. The van der Waals surface area contributed by atoms with Crippen LogP contribution in [0.15, 0.2) is 42.5 Å². The number of carboxylic acids is 1. The molecule has 132 valence electrons. The Hall–Kier alpha value is -2.70. The first kappa shape index (κ1) is 17.1. The second-order valence-corrected chi connectivity index (χ2v) is 5.96. The van der Waals surface area contributed by atoms with Gasteiger partial charge < -0.3 is 14.7 Å². The summed E-state index contributed by atoms with van der Waals surface area (Å²) in [5, 5.41) is 9.07. The normalized spacial score (nSPS) is 17.4. The van der Waals surface area contributed by atoms with E-state index in [1.807, 2.05) is 11.8 Å². The summed E-state index contributed by atoms with van der Waals surface area (Å²) in [6.45, 7) is 2.42. The molecule has 0 bridgehead atoms. The van der Waals surface area contributed by atoms with Gasteiger partial charge in [-0.1, -0.05) is 12.1 Å². The summed E-state index contributed by atoms with van der Waals surface area (Å²) in [5.74, 6) is -0.611. The van der Waals surface area contributed by atoms with Crippen molar-refractivity contribution in [1.82, 2.24) is 0 Å². The van der Waals surface area contributed by atoms with Gasteiger partial charge >= 0.3 is 12.1 Å². The predicted molar refractivity (Wildman–Crippen MR) is 86.0 cm³/mol. The molecule has 0 fully saturated rings. The number of fused-ring (bicyclic) bond motifs is 1. The van der Waals surface area contributed by atoms with Crippen LogP contribution in [0, 0.1) is 0 Å². The number of halogens is 3. The fourth-order valence-corrected chi connectivity index (χ4v) is 2.80. The Balaban J connectivity index is 1.96. The van der Waals surface area contributed by atoms with Crippen molar-refractivity contribution in [3.05, 3.63) is 59.2 Å². The first-order valence-corrected chi connectivity index (χ1v) is 7.68. The minimum Gasteiger partial charge on any atom is -0.491 e. The Morgan fingerprint density at radius 3 is 2.68 bits per heavy atom. The molecule has 0 saturated heterocycles. The lowest BCUT2D eigenvalue weighted by Crippen LogP contribution is -2.35. The van der Waals surface area contributed by atoms with Crippen LogP contribution in [-0.2, 0) is 12.7 Å². The Morgan fingerprint density at radius 1 is 1.24 bits per heavy atom. The summed E-state index contributed by atoms with van der Waals surface area (Å²) in [7, 11) is 0. The van der Waals surface area contributed by atoms with Gasteiger partial charge in [0.25, 0.3) is 0 Å². The summed E-state index contributed by atoms with van der Waals surface area (Å²) >= 11 is 0. The van der Waals surface area contributed by atoms with Crippen molar-refractivity contribution in [3.63, 3.8) is 0 Å². The number of hydrogen-bond acceptors (Lipinski definition) is 3. The minimum absolute atomic E-state index is 0.110. The van der Waals surface area contributed by atoms with Crippen molar-refractivity contribution in [1.29, 1.82) is 0 Å². The average molecular weight is 351 g/mol. The van der Waals surface area contributed by atoms with E-state index in [9.17, 15) is 18.0 Å². The van der Waals surface area contributed by atoms with Gasteiger partial charge in [0.2, 0.25) is 0 Å². The Kier molecular flexibility index (Phi) is 4.32. The SMILES string of the molecule is CC1COc2cc(C(=O)O)ccc2CN1c1cccc(C(F)(F)F)c1. The number of benzene rings is 2. The average Bonchev–Trinajstić information content (AvgIpc) is 2.73. The lowest BCUT2D eigenvalue weighted by molar-refractivity contribution is -0.137. The maximum absolute atomic E-state index is 13.0. The Morgan fingerprint density at radius 2 is 2.00 bits per heavy atom. The van der Waals surface area contributed by atoms with Crippen LogP contribution in [-0.4, -0.2) is 23.7 Å². The van der Waals surface area contributed by atoms with Gasteiger partial charge in [0, 0.05) is 17.8 Å². The van der Waals surface area contributed by atoms with Gasteiger partial charge in [-0.3, -0.25) is 0 Å². The zero-order chi connectivity index (χ0) is 18.2. The maximum Gasteiger partial charge on any atom is 0.416 e. The third-order valence-electron chi connectivity index (χ3n) is 4.17. The van der Waals surface area contributed by atoms with E-state index in [0.29, 0.717) is 18.0 Å². The molecule has 0 spiro atoms. The van der Waals surface area contributed by atoms with Crippen LogP contribution < -0.4 is 9.64 Å². The number of anilines is 1. The van der Waals surface area contributed by atoms with Crippen molar-refractivity contribution in [2.75, 3.05) is 11.5 Å². The van der Waals surface area contributed by atoms with Gasteiger partial charge in [0.05, 0.1) is 17.2 Å². The van der Waals surface area contributed by atoms with E-state index in [4.69, 9.17) is 9.84 Å². The smallest absolute Gasteiger partial charge is 0.416 e. The summed E-state index contributed by atoms with van der Waals surface area (Å²) in [5.41, 5.74) is 0.579. The summed E-state index contributed by atoms with van der Waals surface area (Å²) in [6, 6.07) is 9.53. The maximum atomic E-state index is 13.0. The van der Waals surface area contributed by atoms with E-state index in [-0.39, 0.29) is 18.2 Å². The molecular weight excluding hydrogens is 335 g/mol. The number of carboxylic acid groups (broad SMARTS) is 1. The molecule has 1 aliphatic rings. The molecule has 4 nitrogen and oxygen atoms in total. The molecular formula is C18H16F3NO3. The molecule has 2 aromatic carbocycles. The first-order valence-electron chi connectivity index (χ1n) is 7.68. The van der Waals surface area contributed by atoms with Crippen LogP contribution in [0.5, 0.6) is 5.75 Å². The summed E-state index contributed by atoms with van der Waals surface area (Å²) < 4.78 is 44.6. The summed E-state index contributed by atoms with van der Waals surface area (Å²) in [6.07, 6.45) is -4.41. The van der Waals surface area contributed by atoms with Crippen LogP contribution in [0.4, 0.5) is 18.9 Å². The van der Waals surface area contributed by atoms with Gasteiger partial charge in [-0.2, -0.15) is 13.2 Å². The van der Waals surface area contributed by atoms with Crippen LogP contribution in [0.1, 0.15) is 28.4 Å². The lowest BCUT2D eigenvalue weighted by Gasteiger charge is -2.29. The molecule has 0 amide bonds. The van der Waals surface area contributed by atoms with E-state index < -0.39 is 17.7 Å². The number of rotatable bonds is 2. The predicted octanol–water partition coefficient (Wildman–Crippen LogP) is 4.19. The number of alkyl halides is 3. The molecule has 3 rings (SSSR count). The highest BCUT2D eigenvalue weighted by Gasteiger charge is 2.31. The van der Waals surface area contributed by atoms with E-state index in [0.717, 1.165) is 17.7 Å². The van der Waals surface area contributed by atoms with Gasteiger partial charge in [-0.15, -0.1) is 0 Å². The molecule has 0 aromatic heterocycles. The molecule has 2 aromatic rings. The number of hydrogen-bond donors (Lipinski definition) is 1. The molecule has 1 unspecified atom stereocenters. The van der Waals surface area contributed by atoms with Gasteiger partial charge in [-0.05, 0) is 37.3 Å². The molecule has 0 aliphatic carbocycles. The molecule has 1 N–H and O–H groups in total. The molecule has 1 heterocycles. The van der Waals surface area contributed by atoms with E-state index in [1.54, 1.807) is 12.1 Å². The highest BCUT2D eigenvalue weighted by Crippen LogP contribution is 2.34. The van der Waals surface area contributed by atoms with Gasteiger partial charge in [-0.25, -0.2) is 4.79 Å². The van der Waals surface area contributed by atoms with E-state index in [1.165, 1.54) is 18.2 Å². The van der Waals surface area contributed by atoms with E-state index >= 15 is 0 Å². The number of nitrogens with zero attached hydrogens (tertiary/aromatic N) is 1. The zero-order valence-corrected chi connectivity index (χ0v) is 13.4. The number of carbonyl (C=O) groups is 1. The fourth-order valence-electron chi connectivity index (χ4n) is 2.80. The third-order valence-corrected chi connectivity index (χ3v) is 4.17. The molecule has 7 heteroatoms. The van der Waals surface area contributed by atoms with Crippen molar-refractivity contribution in [2.24, 2.45) is 0 Å². The van der Waals surface area contributed by atoms with Crippen LogP contribution in [0.2, 0.25) is 0 Å². The molecule has 0 radical (unpaired) electrons. The van der Waals surface area contributed by atoms with Crippen LogP contribution >= 0.6 is 0 Å². The van der Waals surface area contributed by atoms with Crippen LogP contribution in [0.25, 0.3) is 0 Å². The largest absolute Gasteiger partial charge is 0.491 e. The highest BCUT2D eigenvalue weighted by atomic mass is 19.4. The van der Waals surface area contributed by atoms with E-state index in [2.05, 4.69) is 0 Å². The topological polar surface area (TPSA) is 49.8 Å². The van der Waals surface area contributed by atoms with Crippen molar-refractivity contribution >= 4 is 11.7 Å². The molecule has 1 aliphatic heterocycles. The number of aromatic carboxylic acids is 1. The van der Waals surface area contributed by atoms with Crippen LogP contribution in [0.3, 0.4) is 0 Å². The fraction of sp³-hybridized carbons (Fsp3) is 0.278. The van der Waals surface area contributed by atoms with Crippen molar-refractivity contribution in [2.45, 2.75) is 25.7 Å². The second kappa shape index (κ2) is 6.31. The lowest BCUT2D eigenvalue weighted by atomic mass is 10.1. The minimum atomic E-state index is -4.41. The second-order valence-electron chi connectivity index (χ2n) is 5.96. The molecule has 25 heavy (non-hydrogen) atoms. The molecule has 1 atom stereocenters. The third kappa shape index (κ3) is 3.55. The Labute approximate surface area is 142 Å². The highest BCUT2D eigenvalue weighted by molar-refractivity contribution is 5.88. The van der Waals surface area contributed by atoms with Crippen molar-refractivity contribution < 1.29 is 27.8 Å². The first-order chi connectivity index (χ1) is 11.8. The zero-order valence-electron chi connectivity index (χ0n) is 13.4. The standard InChI is InChI=1S/C18H16F3NO3/c1-11-10-25-16-7-12(17(23)24)5-6-13(16)9-22(11)15-4-2-3-14(8-15)18(19,20)21/h2-8,11H,9-10H2,1H3,(H,23,24). The molecule has 0 saturated carbocycles. The van der Waals surface area contributed by atoms with Gasteiger partial charge in [0.15, 0.2) is 0 Å². The quantitative estimate of drug-likeness (QED) is 0.881. The Bertz CT molecular complexity index is 804. The van der Waals surface area contributed by atoms with Gasteiger partial charge in [0.1, 0.15) is 12.4 Å². The number of ether oxygens (including phenoxy) is 1.